The molecule has 0 aromatic heterocycles. The fourth-order valence-corrected chi connectivity index (χ4v) is 1.97. The summed E-state index contributed by atoms with van der Waals surface area (Å²) in [5.74, 6) is 0.247. The van der Waals surface area contributed by atoms with Crippen molar-refractivity contribution in [2.24, 2.45) is 5.92 Å². The highest BCUT2D eigenvalue weighted by Crippen LogP contribution is 2.25. The topological polar surface area (TPSA) is 64.3 Å². The summed E-state index contributed by atoms with van der Waals surface area (Å²) in [7, 11) is 0. The SMILES string of the molecule is CCOC(=O)c1cccc(N)c1NCC(CC)CC. The molecule has 0 aliphatic rings. The van der Waals surface area contributed by atoms with Gasteiger partial charge in [-0.25, -0.2) is 4.79 Å². The number of ether oxygens (including phenoxy) is 1. The number of carbonyl (C=O) groups is 1. The van der Waals surface area contributed by atoms with Gasteiger partial charge in [-0.1, -0.05) is 32.8 Å². The molecule has 0 radical (unpaired) electrons. The molecule has 0 bridgehead atoms. The van der Waals surface area contributed by atoms with Crippen LogP contribution in [0.1, 0.15) is 44.0 Å². The first-order valence-electron chi connectivity index (χ1n) is 6.93. The molecule has 0 saturated carbocycles. The number of para-hydroxylation sites is 1. The van der Waals surface area contributed by atoms with Crippen LogP contribution < -0.4 is 11.1 Å². The van der Waals surface area contributed by atoms with Crippen LogP contribution >= 0.6 is 0 Å². The Kier molecular flexibility index (Phi) is 6.19. The van der Waals surface area contributed by atoms with Crippen LogP contribution in [0, 0.1) is 5.92 Å². The lowest BCUT2D eigenvalue weighted by molar-refractivity contribution is 0.0527. The van der Waals surface area contributed by atoms with Gasteiger partial charge in [-0.3, -0.25) is 0 Å². The van der Waals surface area contributed by atoms with Crippen molar-refractivity contribution in [2.45, 2.75) is 33.6 Å². The minimum Gasteiger partial charge on any atom is -0.462 e. The molecule has 0 amide bonds. The third-order valence-electron chi connectivity index (χ3n) is 3.31. The van der Waals surface area contributed by atoms with Crippen molar-refractivity contribution in [3.63, 3.8) is 0 Å². The molecule has 4 heteroatoms. The zero-order chi connectivity index (χ0) is 14.3. The highest BCUT2D eigenvalue weighted by atomic mass is 16.5. The van der Waals surface area contributed by atoms with Gasteiger partial charge in [-0.05, 0) is 25.0 Å². The zero-order valence-electron chi connectivity index (χ0n) is 12.0. The van der Waals surface area contributed by atoms with Crippen molar-refractivity contribution < 1.29 is 9.53 Å². The Labute approximate surface area is 115 Å². The second-order valence-corrected chi connectivity index (χ2v) is 4.55. The van der Waals surface area contributed by atoms with E-state index < -0.39 is 0 Å². The van der Waals surface area contributed by atoms with Crippen LogP contribution in [-0.2, 0) is 4.74 Å². The molecule has 4 nitrogen and oxygen atoms in total. The Balaban J connectivity index is 2.88. The summed E-state index contributed by atoms with van der Waals surface area (Å²) in [5.41, 5.74) is 7.73. The molecule has 0 aliphatic carbocycles. The van der Waals surface area contributed by atoms with E-state index in [0.29, 0.717) is 29.5 Å². The lowest BCUT2D eigenvalue weighted by atomic mass is 10.0. The molecule has 0 aliphatic heterocycles. The maximum Gasteiger partial charge on any atom is 0.340 e. The van der Waals surface area contributed by atoms with Gasteiger partial charge in [-0.2, -0.15) is 0 Å². The number of benzene rings is 1. The molecule has 19 heavy (non-hydrogen) atoms. The molecular formula is C15H24N2O2. The predicted molar refractivity (Wildman–Crippen MR) is 79.4 cm³/mol. The predicted octanol–water partition coefficient (Wildman–Crippen LogP) is 3.29. The van der Waals surface area contributed by atoms with Crippen molar-refractivity contribution in [1.82, 2.24) is 0 Å². The van der Waals surface area contributed by atoms with E-state index in [1.54, 1.807) is 25.1 Å². The number of hydrogen-bond donors (Lipinski definition) is 2. The van der Waals surface area contributed by atoms with Gasteiger partial charge >= 0.3 is 5.97 Å². The standard InChI is InChI=1S/C15H24N2O2/c1-4-11(5-2)10-17-14-12(15(18)19-6-3)8-7-9-13(14)16/h7-9,11,17H,4-6,10,16H2,1-3H3. The molecule has 0 atom stereocenters. The fourth-order valence-electron chi connectivity index (χ4n) is 1.97. The first-order chi connectivity index (χ1) is 9.13. The fraction of sp³-hybridized carbons (Fsp3) is 0.533. The molecule has 0 fully saturated rings. The number of carbonyl (C=O) groups excluding carboxylic acids is 1. The maximum absolute atomic E-state index is 11.9. The van der Waals surface area contributed by atoms with E-state index in [2.05, 4.69) is 19.2 Å². The van der Waals surface area contributed by atoms with Crippen LogP contribution in [0.4, 0.5) is 11.4 Å². The zero-order valence-corrected chi connectivity index (χ0v) is 12.0. The Morgan fingerprint density at radius 3 is 2.58 bits per heavy atom. The Morgan fingerprint density at radius 2 is 2.00 bits per heavy atom. The van der Waals surface area contributed by atoms with Crippen LogP contribution in [0.3, 0.4) is 0 Å². The normalized spacial score (nSPS) is 10.5. The van der Waals surface area contributed by atoms with Crippen LogP contribution in [0.25, 0.3) is 0 Å². The minimum atomic E-state index is -0.332. The highest BCUT2D eigenvalue weighted by Gasteiger charge is 2.15. The lowest BCUT2D eigenvalue weighted by Crippen LogP contribution is -2.17. The third kappa shape index (κ3) is 4.16. The molecule has 0 unspecified atom stereocenters. The highest BCUT2D eigenvalue weighted by molar-refractivity contribution is 5.98. The van der Waals surface area contributed by atoms with Crippen molar-refractivity contribution in [3.05, 3.63) is 23.8 Å². The molecule has 0 spiro atoms. The second-order valence-electron chi connectivity index (χ2n) is 4.55. The van der Waals surface area contributed by atoms with E-state index in [9.17, 15) is 4.79 Å². The summed E-state index contributed by atoms with van der Waals surface area (Å²) >= 11 is 0. The third-order valence-corrected chi connectivity index (χ3v) is 3.31. The van der Waals surface area contributed by atoms with Gasteiger partial charge in [0.05, 0.1) is 23.5 Å². The number of nitrogen functional groups attached to an aromatic ring is 1. The summed E-state index contributed by atoms with van der Waals surface area (Å²) in [6.45, 7) is 7.29. The number of nitrogens with one attached hydrogen (secondary N) is 1. The molecule has 0 heterocycles. The molecule has 0 saturated heterocycles. The summed E-state index contributed by atoms with van der Waals surface area (Å²) in [5, 5.41) is 3.30. The van der Waals surface area contributed by atoms with E-state index in [-0.39, 0.29) is 5.97 Å². The van der Waals surface area contributed by atoms with Crippen molar-refractivity contribution in [1.29, 1.82) is 0 Å². The summed E-state index contributed by atoms with van der Waals surface area (Å²) in [6, 6.07) is 5.30. The molecular weight excluding hydrogens is 240 g/mol. The van der Waals surface area contributed by atoms with E-state index in [1.165, 1.54) is 0 Å². The Bertz CT molecular complexity index is 415. The first kappa shape index (κ1) is 15.3. The number of rotatable bonds is 7. The van der Waals surface area contributed by atoms with Crippen LogP contribution in [0.5, 0.6) is 0 Å². The van der Waals surface area contributed by atoms with Gasteiger partial charge in [-0.15, -0.1) is 0 Å². The number of hydrogen-bond acceptors (Lipinski definition) is 4. The largest absolute Gasteiger partial charge is 0.462 e. The van der Waals surface area contributed by atoms with E-state index in [0.717, 1.165) is 19.4 Å². The minimum absolute atomic E-state index is 0.332. The Morgan fingerprint density at radius 1 is 1.32 bits per heavy atom. The van der Waals surface area contributed by atoms with Gasteiger partial charge in [0.15, 0.2) is 0 Å². The quantitative estimate of drug-likeness (QED) is 0.586. The smallest absolute Gasteiger partial charge is 0.340 e. The van der Waals surface area contributed by atoms with Crippen molar-refractivity contribution in [2.75, 3.05) is 24.2 Å². The number of esters is 1. The van der Waals surface area contributed by atoms with Crippen molar-refractivity contribution >= 4 is 17.3 Å². The van der Waals surface area contributed by atoms with Gasteiger partial charge in [0.25, 0.3) is 0 Å². The molecule has 1 aromatic carbocycles. The van der Waals surface area contributed by atoms with E-state index in [1.807, 2.05) is 0 Å². The van der Waals surface area contributed by atoms with Crippen LogP contribution in [-0.4, -0.2) is 19.1 Å². The summed E-state index contributed by atoms with van der Waals surface area (Å²) in [6.07, 6.45) is 2.20. The second kappa shape index (κ2) is 7.67. The molecule has 1 aromatic rings. The van der Waals surface area contributed by atoms with Crippen molar-refractivity contribution in [3.8, 4) is 0 Å². The number of anilines is 2. The van der Waals surface area contributed by atoms with Gasteiger partial charge < -0.3 is 15.8 Å². The maximum atomic E-state index is 11.9. The summed E-state index contributed by atoms with van der Waals surface area (Å²) < 4.78 is 5.05. The number of nitrogens with two attached hydrogens (primary N) is 1. The van der Waals surface area contributed by atoms with Gasteiger partial charge in [0, 0.05) is 6.54 Å². The first-order valence-corrected chi connectivity index (χ1v) is 6.93. The molecule has 106 valence electrons. The van der Waals surface area contributed by atoms with E-state index >= 15 is 0 Å². The average molecular weight is 264 g/mol. The monoisotopic (exact) mass is 264 g/mol. The average Bonchev–Trinajstić information content (AvgIpc) is 2.41. The van der Waals surface area contributed by atoms with Gasteiger partial charge in [0.1, 0.15) is 0 Å². The molecule has 3 N–H and O–H groups in total. The summed E-state index contributed by atoms with van der Waals surface area (Å²) in [4.78, 5) is 11.9. The lowest BCUT2D eigenvalue weighted by Gasteiger charge is -2.18. The van der Waals surface area contributed by atoms with Gasteiger partial charge in [0.2, 0.25) is 0 Å². The molecule has 1 rings (SSSR count). The van der Waals surface area contributed by atoms with E-state index in [4.69, 9.17) is 10.5 Å². The van der Waals surface area contributed by atoms with Crippen LogP contribution in [0.2, 0.25) is 0 Å². The van der Waals surface area contributed by atoms with Crippen LogP contribution in [0.15, 0.2) is 18.2 Å². The Hall–Kier alpha value is -1.71.